The molecule has 3 heterocycles. The molecular formula is C24H30N8O7S2. The zero-order valence-electron chi connectivity index (χ0n) is 22.9. The number of anilines is 1. The molecule has 2 unspecified atom stereocenters. The lowest BCUT2D eigenvalue weighted by atomic mass is 10.0. The number of oxime groups is 1. The monoisotopic (exact) mass is 606 g/mol. The Bertz CT molecular complexity index is 1330. The van der Waals surface area contributed by atoms with E-state index in [0.717, 1.165) is 11.3 Å². The van der Waals surface area contributed by atoms with E-state index in [2.05, 4.69) is 25.5 Å². The Balaban J connectivity index is 1.78. The van der Waals surface area contributed by atoms with Crippen LogP contribution in [0.2, 0.25) is 0 Å². The minimum atomic E-state index is -1.00. The molecule has 1 aromatic heterocycles. The Labute approximate surface area is 243 Å². The van der Waals surface area contributed by atoms with E-state index < -0.39 is 35.2 Å². The number of carbonyl (C=O) groups is 4. The number of nitrogens with two attached hydrogens (primary N) is 1. The molecule has 41 heavy (non-hydrogen) atoms. The van der Waals surface area contributed by atoms with Gasteiger partial charge in [-0.15, -0.1) is 23.1 Å². The normalized spacial score (nSPS) is 18.8. The number of carbonyl (C=O) groups excluding carboxylic acids is 4. The average Bonchev–Trinajstić information content (AvgIpc) is 3.38. The van der Waals surface area contributed by atoms with Crippen molar-refractivity contribution in [3.8, 4) is 0 Å². The SMILES string of the molecule is CC/C=C(\COC(=O)C1=C(CN=[N+]=[N-])CSC2C(NC(=O)/C(=N/OC)c3csc(N)n3)C(=O)N12)C(=O)OCC(C)C. The quantitative estimate of drug-likeness (QED) is 0.0488. The summed E-state index contributed by atoms with van der Waals surface area (Å²) in [6.45, 7) is 5.26. The number of nitrogens with zero attached hydrogens (tertiary/aromatic N) is 6. The first-order chi connectivity index (χ1) is 19.6. The fourth-order valence-electron chi connectivity index (χ4n) is 3.81. The number of fused-ring (bicyclic) bond motifs is 1. The summed E-state index contributed by atoms with van der Waals surface area (Å²) in [6, 6.07) is -1.00. The number of ether oxygens (including phenoxy) is 2. The molecule has 2 aliphatic heterocycles. The molecule has 2 amide bonds. The third-order valence-corrected chi connectivity index (χ3v) is 7.65. The summed E-state index contributed by atoms with van der Waals surface area (Å²) in [7, 11) is 1.26. The summed E-state index contributed by atoms with van der Waals surface area (Å²) in [4.78, 5) is 64.7. The minimum Gasteiger partial charge on any atom is -0.462 e. The van der Waals surface area contributed by atoms with Gasteiger partial charge in [0.25, 0.3) is 11.8 Å². The molecule has 1 aromatic rings. The third-order valence-electron chi connectivity index (χ3n) is 5.63. The number of esters is 2. The number of amides is 2. The number of nitrogen functional groups attached to an aromatic ring is 1. The molecule has 0 radical (unpaired) electrons. The maximum absolute atomic E-state index is 13.3. The number of aromatic nitrogens is 1. The molecule has 3 N–H and O–H groups in total. The van der Waals surface area contributed by atoms with Crippen LogP contribution >= 0.6 is 23.1 Å². The Morgan fingerprint density at radius 3 is 2.73 bits per heavy atom. The largest absolute Gasteiger partial charge is 0.462 e. The van der Waals surface area contributed by atoms with Crippen molar-refractivity contribution in [2.45, 2.75) is 38.6 Å². The highest BCUT2D eigenvalue weighted by atomic mass is 32.2. The van der Waals surface area contributed by atoms with E-state index in [0.29, 0.717) is 12.0 Å². The van der Waals surface area contributed by atoms with Crippen molar-refractivity contribution in [2.24, 2.45) is 16.2 Å². The summed E-state index contributed by atoms with van der Waals surface area (Å²) in [6.07, 6.45) is 2.10. The van der Waals surface area contributed by atoms with Crippen LogP contribution in [0.1, 0.15) is 32.9 Å². The van der Waals surface area contributed by atoms with E-state index in [9.17, 15) is 19.2 Å². The van der Waals surface area contributed by atoms with Crippen LogP contribution in [0.15, 0.2) is 38.6 Å². The molecule has 0 spiro atoms. The van der Waals surface area contributed by atoms with Crippen molar-refractivity contribution in [2.75, 3.05) is 38.4 Å². The van der Waals surface area contributed by atoms with Gasteiger partial charge in [0.1, 0.15) is 36.5 Å². The minimum absolute atomic E-state index is 0.0962. The summed E-state index contributed by atoms with van der Waals surface area (Å²) >= 11 is 2.37. The lowest BCUT2D eigenvalue weighted by molar-refractivity contribution is -0.152. The topological polar surface area (TPSA) is 211 Å². The number of allylic oxidation sites excluding steroid dienone is 1. The van der Waals surface area contributed by atoms with Gasteiger partial charge in [-0.1, -0.05) is 37.1 Å². The summed E-state index contributed by atoms with van der Waals surface area (Å²) in [5.74, 6) is -2.45. The molecule has 15 nitrogen and oxygen atoms in total. The number of hydrogen-bond donors (Lipinski definition) is 2. The zero-order valence-corrected chi connectivity index (χ0v) is 24.5. The highest BCUT2D eigenvalue weighted by molar-refractivity contribution is 8.00. The van der Waals surface area contributed by atoms with Crippen LogP contribution in [0.5, 0.6) is 0 Å². The lowest BCUT2D eigenvalue weighted by Crippen LogP contribution is -2.71. The second-order valence-corrected chi connectivity index (χ2v) is 11.1. The van der Waals surface area contributed by atoms with Gasteiger partial charge in [-0.05, 0) is 23.4 Å². The second-order valence-electron chi connectivity index (χ2n) is 9.10. The van der Waals surface area contributed by atoms with E-state index in [1.54, 1.807) is 6.08 Å². The maximum Gasteiger partial charge on any atom is 0.355 e. The molecule has 1 fully saturated rings. The van der Waals surface area contributed by atoms with Crippen molar-refractivity contribution in [1.29, 1.82) is 0 Å². The third kappa shape index (κ3) is 7.56. The van der Waals surface area contributed by atoms with Crippen molar-refractivity contribution in [3.05, 3.63) is 44.4 Å². The first kappa shape index (κ1) is 31.4. The number of nitrogens with one attached hydrogen (secondary N) is 1. The molecule has 3 rings (SSSR count). The fraction of sp³-hybridized carbons (Fsp3) is 0.500. The lowest BCUT2D eigenvalue weighted by Gasteiger charge is -2.49. The Morgan fingerprint density at radius 2 is 2.12 bits per heavy atom. The predicted molar refractivity (Wildman–Crippen MR) is 151 cm³/mol. The average molecular weight is 607 g/mol. The molecule has 0 aliphatic carbocycles. The van der Waals surface area contributed by atoms with E-state index >= 15 is 0 Å². The molecule has 0 aromatic carbocycles. The van der Waals surface area contributed by atoms with Crippen LogP contribution in [0.25, 0.3) is 10.4 Å². The van der Waals surface area contributed by atoms with Crippen molar-refractivity contribution < 1.29 is 33.5 Å². The fourth-order valence-corrected chi connectivity index (χ4v) is 5.69. The summed E-state index contributed by atoms with van der Waals surface area (Å²) < 4.78 is 10.7. The molecular weight excluding hydrogens is 576 g/mol. The highest BCUT2D eigenvalue weighted by Crippen LogP contribution is 2.41. The number of thioether (sulfide) groups is 1. The summed E-state index contributed by atoms with van der Waals surface area (Å²) in [5, 5.41) is 11.0. The van der Waals surface area contributed by atoms with Crippen LogP contribution < -0.4 is 11.1 Å². The highest BCUT2D eigenvalue weighted by Gasteiger charge is 2.54. The standard InChI is InChI=1S/C24H30N8O7S2/c1-5-6-13(22(35)38-8-12(2)3)9-39-23(36)18-14(7-27-31-26)10-40-21-17(20(34)32(18)21)29-19(33)16(30-37-4)15-11-41-24(25)28-15/h6,11-12,17,21H,5,7-10H2,1-4H3,(H2,25,28)(H,29,33)/b13-6+,30-16+. The van der Waals surface area contributed by atoms with Gasteiger partial charge in [-0.3, -0.25) is 14.5 Å². The van der Waals surface area contributed by atoms with Crippen LogP contribution in [0, 0.1) is 5.92 Å². The van der Waals surface area contributed by atoms with Crippen LogP contribution in [-0.2, 0) is 33.5 Å². The number of β-lactam (4-membered cyclic amide) rings is 1. The van der Waals surface area contributed by atoms with Gasteiger partial charge >= 0.3 is 11.9 Å². The van der Waals surface area contributed by atoms with E-state index in [1.165, 1.54) is 29.2 Å². The molecule has 2 aliphatic rings. The van der Waals surface area contributed by atoms with Crippen molar-refractivity contribution in [3.63, 3.8) is 0 Å². The van der Waals surface area contributed by atoms with Gasteiger partial charge in [-0.2, -0.15) is 0 Å². The second kappa shape index (κ2) is 14.5. The van der Waals surface area contributed by atoms with Crippen molar-refractivity contribution in [1.82, 2.24) is 15.2 Å². The van der Waals surface area contributed by atoms with Crippen molar-refractivity contribution >= 4 is 57.7 Å². The predicted octanol–water partition coefficient (Wildman–Crippen LogP) is 2.12. The van der Waals surface area contributed by atoms with E-state index in [1.807, 2.05) is 20.8 Å². The molecule has 17 heteroatoms. The number of rotatable bonds is 13. The van der Waals surface area contributed by atoms with Gasteiger partial charge < -0.3 is 25.4 Å². The maximum atomic E-state index is 13.3. The molecule has 0 bridgehead atoms. The van der Waals surface area contributed by atoms with Crippen LogP contribution in [-0.4, -0.2) is 83.4 Å². The smallest absolute Gasteiger partial charge is 0.355 e. The van der Waals surface area contributed by atoms with E-state index in [4.69, 9.17) is 25.6 Å². The Kier molecular flexibility index (Phi) is 11.1. The first-order valence-electron chi connectivity index (χ1n) is 12.5. The molecule has 220 valence electrons. The molecule has 2 atom stereocenters. The first-order valence-corrected chi connectivity index (χ1v) is 14.4. The number of azide groups is 1. The van der Waals surface area contributed by atoms with Gasteiger partial charge in [0.15, 0.2) is 10.8 Å². The van der Waals surface area contributed by atoms with Gasteiger partial charge in [0, 0.05) is 16.0 Å². The van der Waals surface area contributed by atoms with Gasteiger partial charge in [0.2, 0.25) is 0 Å². The Hall–Kier alpha value is -4.08. The van der Waals surface area contributed by atoms with Crippen LogP contribution in [0.4, 0.5) is 5.13 Å². The zero-order chi connectivity index (χ0) is 30.1. The van der Waals surface area contributed by atoms with Gasteiger partial charge in [0.05, 0.1) is 18.7 Å². The van der Waals surface area contributed by atoms with Gasteiger partial charge in [-0.25, -0.2) is 14.6 Å². The van der Waals surface area contributed by atoms with E-state index in [-0.39, 0.29) is 59.2 Å². The number of hydrogen-bond acceptors (Lipinski definition) is 13. The Morgan fingerprint density at radius 1 is 1.37 bits per heavy atom. The summed E-state index contributed by atoms with van der Waals surface area (Å²) in [5.41, 5.74) is 14.9. The number of thiazole rings is 1. The molecule has 1 saturated heterocycles. The molecule has 0 saturated carbocycles. The van der Waals surface area contributed by atoms with Crippen LogP contribution in [0.3, 0.4) is 0 Å².